The Bertz CT molecular complexity index is 268. The number of allylic oxidation sites excluding steroid dienone is 2. The van der Waals surface area contributed by atoms with Crippen molar-refractivity contribution in [3.8, 4) is 0 Å². The van der Waals surface area contributed by atoms with E-state index < -0.39 is 0 Å². The van der Waals surface area contributed by atoms with E-state index in [1.54, 1.807) is 0 Å². The van der Waals surface area contributed by atoms with E-state index >= 15 is 0 Å². The number of hydrogen-bond donors (Lipinski definition) is 0. The second-order valence-corrected chi connectivity index (χ2v) is 7.05. The van der Waals surface area contributed by atoms with E-state index in [0.29, 0.717) is 22.6 Å². The van der Waals surface area contributed by atoms with Crippen molar-refractivity contribution in [2.45, 2.75) is 62.1 Å². The quantitative estimate of drug-likeness (QED) is 0.483. The summed E-state index contributed by atoms with van der Waals surface area (Å²) in [6.07, 6.45) is 17.3. The summed E-state index contributed by atoms with van der Waals surface area (Å²) in [5.41, 5.74) is 0. The molecule has 0 radical (unpaired) electrons. The molecule has 0 unspecified atom stereocenters. The highest BCUT2D eigenvalue weighted by molar-refractivity contribution is 6.20. The van der Waals surface area contributed by atoms with Gasteiger partial charge in [0.25, 0.3) is 0 Å². The molecule has 2 aliphatic carbocycles. The van der Waals surface area contributed by atoms with Crippen LogP contribution in [0.5, 0.6) is 0 Å². The van der Waals surface area contributed by atoms with E-state index in [1.807, 2.05) is 12.5 Å². The second kappa shape index (κ2) is 8.21. The van der Waals surface area contributed by atoms with Gasteiger partial charge in [0, 0.05) is 10.8 Å². The summed E-state index contributed by atoms with van der Waals surface area (Å²) < 4.78 is 5.47. The van der Waals surface area contributed by atoms with Gasteiger partial charge in [0.2, 0.25) is 0 Å². The van der Waals surface area contributed by atoms with Crippen molar-refractivity contribution in [3.05, 3.63) is 24.7 Å². The van der Waals surface area contributed by atoms with Gasteiger partial charge in [-0.25, -0.2) is 0 Å². The van der Waals surface area contributed by atoms with Crippen LogP contribution in [0, 0.1) is 11.8 Å². The summed E-state index contributed by atoms with van der Waals surface area (Å²) in [7, 11) is 0. The van der Waals surface area contributed by atoms with Crippen molar-refractivity contribution < 1.29 is 4.74 Å². The molecule has 0 aromatic rings. The summed E-state index contributed by atoms with van der Waals surface area (Å²) in [5.74, 6) is 1.30. The second-order valence-electron chi connectivity index (χ2n) is 5.82. The fourth-order valence-electron chi connectivity index (χ4n) is 2.90. The molecule has 2 rings (SSSR count). The zero-order chi connectivity index (χ0) is 13.5. The monoisotopic (exact) mass is 302 g/mol. The summed E-state index contributed by atoms with van der Waals surface area (Å²) >= 11 is 12.2. The van der Waals surface area contributed by atoms with Gasteiger partial charge in [0.05, 0.1) is 12.5 Å². The van der Waals surface area contributed by atoms with Crippen molar-refractivity contribution in [2.75, 3.05) is 0 Å². The van der Waals surface area contributed by atoms with E-state index in [0.717, 1.165) is 25.7 Å². The van der Waals surface area contributed by atoms with E-state index in [9.17, 15) is 0 Å². The number of alkyl halides is 2. The first-order valence-electron chi connectivity index (χ1n) is 7.51. The third-order valence-electron chi connectivity index (χ3n) is 4.26. The standard InChI is InChI=1S/C16H24Cl2O/c17-15-5-1-13(2-6-15)9-11-19-12-10-14-3-7-16(18)8-4-14/h9-16H,1-8H2. The Morgan fingerprint density at radius 1 is 0.632 bits per heavy atom. The van der Waals surface area contributed by atoms with Gasteiger partial charge in [-0.1, -0.05) is 0 Å². The molecule has 2 aliphatic rings. The molecule has 0 aromatic heterocycles. The first kappa shape index (κ1) is 15.3. The lowest BCUT2D eigenvalue weighted by molar-refractivity contribution is 0.365. The largest absolute Gasteiger partial charge is 0.473 e. The van der Waals surface area contributed by atoms with Crippen LogP contribution in [0.15, 0.2) is 24.7 Å². The van der Waals surface area contributed by atoms with Crippen LogP contribution in [-0.4, -0.2) is 10.8 Å². The highest BCUT2D eigenvalue weighted by atomic mass is 35.5. The summed E-state index contributed by atoms with van der Waals surface area (Å²) in [6, 6.07) is 0. The van der Waals surface area contributed by atoms with Crippen LogP contribution in [0.4, 0.5) is 0 Å². The maximum atomic E-state index is 6.09. The molecule has 3 heteroatoms. The topological polar surface area (TPSA) is 9.23 Å². The number of ether oxygens (including phenoxy) is 1. The van der Waals surface area contributed by atoms with Crippen LogP contribution in [-0.2, 0) is 4.74 Å². The molecule has 0 aromatic carbocycles. The van der Waals surface area contributed by atoms with E-state index in [-0.39, 0.29) is 0 Å². The SMILES string of the molecule is ClC1CCC(C=COC=CC2CCC(Cl)CC2)CC1. The molecular formula is C16H24Cl2O. The Balaban J connectivity index is 1.60. The van der Waals surface area contributed by atoms with Gasteiger partial charge in [0.15, 0.2) is 0 Å². The van der Waals surface area contributed by atoms with E-state index in [1.165, 1.54) is 25.7 Å². The molecule has 0 bridgehead atoms. The van der Waals surface area contributed by atoms with Crippen LogP contribution >= 0.6 is 23.2 Å². The molecule has 0 spiro atoms. The average Bonchev–Trinajstić information content (AvgIpc) is 2.43. The lowest BCUT2D eigenvalue weighted by Gasteiger charge is -2.22. The Labute approximate surface area is 127 Å². The zero-order valence-corrected chi connectivity index (χ0v) is 13.0. The van der Waals surface area contributed by atoms with Gasteiger partial charge < -0.3 is 4.74 Å². The molecule has 0 aliphatic heterocycles. The Kier molecular flexibility index (Phi) is 6.59. The van der Waals surface area contributed by atoms with Crippen LogP contribution < -0.4 is 0 Å². The summed E-state index contributed by atoms with van der Waals surface area (Å²) in [5, 5.41) is 0.782. The first-order chi connectivity index (χ1) is 9.24. The highest BCUT2D eigenvalue weighted by Gasteiger charge is 2.18. The third kappa shape index (κ3) is 5.79. The fraction of sp³-hybridized carbons (Fsp3) is 0.750. The van der Waals surface area contributed by atoms with Crippen molar-refractivity contribution >= 4 is 23.2 Å². The van der Waals surface area contributed by atoms with Gasteiger partial charge in [-0.05, 0) is 75.4 Å². The molecular weight excluding hydrogens is 279 g/mol. The first-order valence-corrected chi connectivity index (χ1v) is 8.38. The lowest BCUT2D eigenvalue weighted by atomic mass is 9.89. The molecule has 2 saturated carbocycles. The van der Waals surface area contributed by atoms with E-state index in [2.05, 4.69) is 12.2 Å². The molecule has 2 fully saturated rings. The molecule has 0 saturated heterocycles. The van der Waals surface area contributed by atoms with Crippen molar-refractivity contribution in [1.82, 2.24) is 0 Å². The van der Waals surface area contributed by atoms with Crippen molar-refractivity contribution in [3.63, 3.8) is 0 Å². The summed E-state index contributed by atoms with van der Waals surface area (Å²) in [4.78, 5) is 0. The van der Waals surface area contributed by atoms with Gasteiger partial charge in [-0.3, -0.25) is 0 Å². The normalized spacial score (nSPS) is 36.9. The minimum absolute atomic E-state index is 0.391. The van der Waals surface area contributed by atoms with E-state index in [4.69, 9.17) is 27.9 Å². The molecule has 0 N–H and O–H groups in total. The maximum Gasteiger partial charge on any atom is 0.0864 e. The van der Waals surface area contributed by atoms with Crippen molar-refractivity contribution in [2.24, 2.45) is 11.8 Å². The number of rotatable bonds is 4. The van der Waals surface area contributed by atoms with Crippen LogP contribution in [0.1, 0.15) is 51.4 Å². The summed E-state index contributed by atoms with van der Waals surface area (Å²) in [6.45, 7) is 0. The molecule has 0 amide bonds. The predicted octanol–water partition coefficient (Wildman–Crippen LogP) is 5.63. The Morgan fingerprint density at radius 2 is 1.00 bits per heavy atom. The third-order valence-corrected chi connectivity index (χ3v) is 5.13. The molecule has 108 valence electrons. The minimum Gasteiger partial charge on any atom is -0.473 e. The molecule has 1 nitrogen and oxygen atoms in total. The molecule has 19 heavy (non-hydrogen) atoms. The number of hydrogen-bond acceptors (Lipinski definition) is 1. The van der Waals surface area contributed by atoms with Crippen LogP contribution in [0.2, 0.25) is 0 Å². The van der Waals surface area contributed by atoms with Gasteiger partial charge in [0.1, 0.15) is 0 Å². The fourth-order valence-corrected chi connectivity index (χ4v) is 3.40. The predicted molar refractivity (Wildman–Crippen MR) is 82.6 cm³/mol. The van der Waals surface area contributed by atoms with Gasteiger partial charge >= 0.3 is 0 Å². The Morgan fingerprint density at radius 3 is 1.37 bits per heavy atom. The highest BCUT2D eigenvalue weighted by Crippen LogP contribution is 2.29. The average molecular weight is 303 g/mol. The van der Waals surface area contributed by atoms with Crippen molar-refractivity contribution in [1.29, 1.82) is 0 Å². The zero-order valence-electron chi connectivity index (χ0n) is 11.4. The lowest BCUT2D eigenvalue weighted by Crippen LogP contribution is -2.12. The van der Waals surface area contributed by atoms with Gasteiger partial charge in [-0.2, -0.15) is 0 Å². The van der Waals surface area contributed by atoms with Gasteiger partial charge in [-0.15, -0.1) is 23.2 Å². The van der Waals surface area contributed by atoms with Crippen LogP contribution in [0.25, 0.3) is 0 Å². The smallest absolute Gasteiger partial charge is 0.0864 e. The maximum absolute atomic E-state index is 6.09. The number of halogens is 2. The Hall–Kier alpha value is -0.140. The minimum atomic E-state index is 0.391. The molecule has 0 heterocycles. The van der Waals surface area contributed by atoms with Crippen LogP contribution in [0.3, 0.4) is 0 Å². The molecule has 0 atom stereocenters.